The van der Waals surface area contributed by atoms with Crippen molar-refractivity contribution in [3.63, 3.8) is 0 Å². The molecule has 1 atom stereocenters. The number of rotatable bonds is 5. The van der Waals surface area contributed by atoms with Crippen molar-refractivity contribution in [3.8, 4) is 0 Å². The molecule has 0 aromatic heterocycles. The zero-order valence-corrected chi connectivity index (χ0v) is 17.6. The average molecular weight is 439 g/mol. The van der Waals surface area contributed by atoms with Crippen molar-refractivity contribution >= 4 is 44.9 Å². The van der Waals surface area contributed by atoms with Gasteiger partial charge >= 0.3 is 0 Å². The molecule has 3 rings (SSSR count). The van der Waals surface area contributed by atoms with Gasteiger partial charge < -0.3 is 10.6 Å². The molecule has 0 saturated carbocycles. The normalized spacial score (nSPS) is 19.3. The third-order valence-electron chi connectivity index (χ3n) is 4.23. The molecule has 1 aliphatic rings. The lowest BCUT2D eigenvalue weighted by atomic mass is 10.1. The van der Waals surface area contributed by atoms with Crippen molar-refractivity contribution in [1.29, 1.82) is 0 Å². The molecular formula is C19H20Cl2N4O2S. The van der Waals surface area contributed by atoms with E-state index in [4.69, 9.17) is 28.9 Å². The van der Waals surface area contributed by atoms with Crippen LogP contribution in [0.1, 0.15) is 19.4 Å². The lowest BCUT2D eigenvalue weighted by Crippen LogP contribution is -2.51. The average Bonchev–Trinajstić information content (AvgIpc) is 2.61. The van der Waals surface area contributed by atoms with Gasteiger partial charge in [-0.05, 0) is 50.3 Å². The molecule has 2 aromatic rings. The fourth-order valence-corrected chi connectivity index (χ4v) is 4.45. The van der Waals surface area contributed by atoms with Crippen molar-refractivity contribution in [2.45, 2.75) is 29.8 Å². The molecule has 148 valence electrons. The number of nitrogens with one attached hydrogen (secondary N) is 2. The van der Waals surface area contributed by atoms with E-state index in [1.165, 1.54) is 6.21 Å². The molecule has 2 aromatic carbocycles. The minimum Gasteiger partial charge on any atom is -0.341 e. The number of nitrogens with two attached hydrogens (primary N) is 1. The molecule has 1 aliphatic heterocycles. The predicted octanol–water partition coefficient (Wildman–Crippen LogP) is 3.87. The number of sulfone groups is 1. The first-order chi connectivity index (χ1) is 13.1. The van der Waals surface area contributed by atoms with E-state index in [0.717, 1.165) is 0 Å². The molecule has 9 heteroatoms. The SMILES string of the molecule is CC(C)S(=O)(=O)c1ccccc1NC1=CC=NC(N)(c2cc(Cl)cc(Cl)c2)N1. The summed E-state index contributed by atoms with van der Waals surface area (Å²) in [6.45, 7) is 3.29. The summed E-state index contributed by atoms with van der Waals surface area (Å²) in [7, 11) is -3.47. The van der Waals surface area contributed by atoms with Crippen LogP contribution < -0.4 is 16.4 Å². The quantitative estimate of drug-likeness (QED) is 0.657. The molecule has 4 N–H and O–H groups in total. The Morgan fingerprint density at radius 1 is 1.14 bits per heavy atom. The van der Waals surface area contributed by atoms with Gasteiger partial charge in [-0.15, -0.1) is 0 Å². The largest absolute Gasteiger partial charge is 0.341 e. The maximum atomic E-state index is 12.7. The second-order valence-corrected chi connectivity index (χ2v) is 9.97. The second-order valence-electron chi connectivity index (χ2n) is 6.62. The van der Waals surface area contributed by atoms with Gasteiger partial charge in [0, 0.05) is 21.8 Å². The molecule has 0 saturated heterocycles. The van der Waals surface area contributed by atoms with Gasteiger partial charge in [0.05, 0.1) is 15.8 Å². The highest BCUT2D eigenvalue weighted by molar-refractivity contribution is 7.92. The topological polar surface area (TPSA) is 96.6 Å². The molecule has 6 nitrogen and oxygen atoms in total. The van der Waals surface area contributed by atoms with Gasteiger partial charge in [-0.3, -0.25) is 5.73 Å². The van der Waals surface area contributed by atoms with Crippen LogP contribution in [0.3, 0.4) is 0 Å². The van der Waals surface area contributed by atoms with Crippen molar-refractivity contribution in [2.24, 2.45) is 10.7 Å². The first-order valence-corrected chi connectivity index (χ1v) is 10.8. The van der Waals surface area contributed by atoms with E-state index < -0.39 is 20.9 Å². The van der Waals surface area contributed by atoms with Gasteiger partial charge in [0.1, 0.15) is 5.82 Å². The van der Waals surface area contributed by atoms with E-state index in [-0.39, 0.29) is 4.90 Å². The van der Waals surface area contributed by atoms with E-state index in [2.05, 4.69) is 15.6 Å². The van der Waals surface area contributed by atoms with Crippen LogP contribution in [0.4, 0.5) is 5.69 Å². The predicted molar refractivity (Wildman–Crippen MR) is 114 cm³/mol. The molecule has 0 amide bonds. The van der Waals surface area contributed by atoms with Gasteiger partial charge in [-0.25, -0.2) is 13.4 Å². The number of halogens is 2. The smallest absolute Gasteiger partial charge is 0.210 e. The van der Waals surface area contributed by atoms with Gasteiger partial charge in [0.25, 0.3) is 0 Å². The Balaban J connectivity index is 1.92. The summed E-state index contributed by atoms with van der Waals surface area (Å²) < 4.78 is 25.3. The summed E-state index contributed by atoms with van der Waals surface area (Å²) in [5.74, 6) is -0.822. The summed E-state index contributed by atoms with van der Waals surface area (Å²) in [5.41, 5.74) is 7.42. The number of para-hydroxylation sites is 1. The van der Waals surface area contributed by atoms with Gasteiger partial charge in [0.15, 0.2) is 9.84 Å². The van der Waals surface area contributed by atoms with Crippen LogP contribution in [0, 0.1) is 0 Å². The van der Waals surface area contributed by atoms with Crippen LogP contribution in [-0.4, -0.2) is 19.9 Å². The van der Waals surface area contributed by atoms with Gasteiger partial charge in [-0.2, -0.15) is 0 Å². The molecule has 0 spiro atoms. The fraction of sp³-hybridized carbons (Fsp3) is 0.211. The Bertz CT molecular complexity index is 1050. The number of allylic oxidation sites excluding steroid dienone is 1. The number of hydrogen-bond donors (Lipinski definition) is 3. The lowest BCUT2D eigenvalue weighted by Gasteiger charge is -2.32. The first kappa shape index (κ1) is 20.7. The zero-order valence-electron chi connectivity index (χ0n) is 15.3. The minimum atomic E-state index is -3.47. The van der Waals surface area contributed by atoms with Crippen LogP contribution in [0.2, 0.25) is 10.0 Å². The number of nitrogens with zero attached hydrogens (tertiary/aromatic N) is 1. The highest BCUT2D eigenvalue weighted by Crippen LogP contribution is 2.29. The Morgan fingerprint density at radius 2 is 1.79 bits per heavy atom. The van der Waals surface area contributed by atoms with E-state index in [9.17, 15) is 8.42 Å². The Hall–Kier alpha value is -2.06. The second kappa shape index (κ2) is 7.75. The Kier molecular flexibility index (Phi) is 5.72. The molecule has 0 radical (unpaired) electrons. The molecular weight excluding hydrogens is 419 g/mol. The van der Waals surface area contributed by atoms with Gasteiger partial charge in [-0.1, -0.05) is 35.3 Å². The number of aliphatic imine (C=N–C) groups is 1. The molecule has 0 bridgehead atoms. The van der Waals surface area contributed by atoms with Crippen molar-refractivity contribution in [2.75, 3.05) is 5.32 Å². The van der Waals surface area contributed by atoms with Crippen molar-refractivity contribution < 1.29 is 8.42 Å². The monoisotopic (exact) mass is 438 g/mol. The van der Waals surface area contributed by atoms with E-state index in [1.54, 1.807) is 62.4 Å². The molecule has 0 fully saturated rings. The first-order valence-electron chi connectivity index (χ1n) is 8.51. The third-order valence-corrected chi connectivity index (χ3v) is 6.88. The highest BCUT2D eigenvalue weighted by atomic mass is 35.5. The summed E-state index contributed by atoms with van der Waals surface area (Å²) in [6.07, 6.45) is 3.20. The van der Waals surface area contributed by atoms with Crippen LogP contribution in [0.25, 0.3) is 0 Å². The minimum absolute atomic E-state index is 0.212. The fourth-order valence-electron chi connectivity index (χ4n) is 2.72. The van der Waals surface area contributed by atoms with Crippen molar-refractivity contribution in [1.82, 2.24) is 5.32 Å². The van der Waals surface area contributed by atoms with Crippen LogP contribution in [0.15, 0.2) is 64.2 Å². The molecule has 0 aliphatic carbocycles. The number of anilines is 1. The Morgan fingerprint density at radius 3 is 2.43 bits per heavy atom. The summed E-state index contributed by atoms with van der Waals surface area (Å²) in [4.78, 5) is 4.51. The van der Waals surface area contributed by atoms with Crippen LogP contribution >= 0.6 is 23.2 Å². The zero-order chi connectivity index (χ0) is 20.5. The van der Waals surface area contributed by atoms with E-state index in [0.29, 0.717) is 27.1 Å². The molecule has 1 heterocycles. The summed E-state index contributed by atoms with van der Waals surface area (Å²) >= 11 is 12.2. The van der Waals surface area contributed by atoms with Crippen LogP contribution in [-0.2, 0) is 15.6 Å². The van der Waals surface area contributed by atoms with Crippen LogP contribution in [0.5, 0.6) is 0 Å². The number of benzene rings is 2. The van der Waals surface area contributed by atoms with Gasteiger partial charge in [0.2, 0.25) is 5.79 Å². The number of hydrogen-bond acceptors (Lipinski definition) is 6. The van der Waals surface area contributed by atoms with E-state index >= 15 is 0 Å². The highest BCUT2D eigenvalue weighted by Gasteiger charge is 2.30. The maximum absolute atomic E-state index is 12.7. The lowest BCUT2D eigenvalue weighted by molar-refractivity contribution is 0.399. The third kappa shape index (κ3) is 4.17. The molecule has 28 heavy (non-hydrogen) atoms. The summed E-state index contributed by atoms with van der Waals surface area (Å²) in [6, 6.07) is 11.6. The summed E-state index contributed by atoms with van der Waals surface area (Å²) in [5, 5.41) is 6.49. The van der Waals surface area contributed by atoms with E-state index in [1.807, 2.05) is 0 Å². The van der Waals surface area contributed by atoms with Crippen molar-refractivity contribution in [3.05, 3.63) is 70.0 Å². The standard InChI is InChI=1S/C19H20Cl2N4O2S/c1-12(2)28(26,27)17-6-4-3-5-16(17)24-18-7-8-23-19(22,25-18)13-9-14(20)11-15(21)10-13/h3-12,24-25H,22H2,1-2H3. The molecule has 1 unspecified atom stereocenters. The maximum Gasteiger partial charge on any atom is 0.210 e. The Labute approximate surface area is 174 Å².